The summed E-state index contributed by atoms with van der Waals surface area (Å²) in [5.74, 6) is 0.616. The van der Waals surface area contributed by atoms with E-state index in [0.29, 0.717) is 12.3 Å². The van der Waals surface area contributed by atoms with Gasteiger partial charge in [-0.3, -0.25) is 4.79 Å². The van der Waals surface area contributed by atoms with Crippen LogP contribution in [0.1, 0.15) is 35.9 Å². The third kappa shape index (κ3) is 3.43. The van der Waals surface area contributed by atoms with Gasteiger partial charge in [-0.25, -0.2) is 4.68 Å². The number of aryl methyl sites for hydroxylation is 1. The van der Waals surface area contributed by atoms with Gasteiger partial charge in [-0.15, -0.1) is 0 Å². The molecule has 1 aliphatic rings. The number of benzene rings is 1. The van der Waals surface area contributed by atoms with Gasteiger partial charge in [0.05, 0.1) is 24.9 Å². The van der Waals surface area contributed by atoms with E-state index in [-0.39, 0.29) is 11.4 Å². The molecule has 6 heteroatoms. The lowest BCUT2D eigenvalue weighted by molar-refractivity contribution is 0.0271. The molecule has 1 N–H and O–H groups in total. The van der Waals surface area contributed by atoms with Crippen LogP contribution in [0.15, 0.2) is 30.3 Å². The molecule has 0 spiro atoms. The molecule has 1 atom stereocenters. The van der Waals surface area contributed by atoms with Gasteiger partial charge in [0.1, 0.15) is 5.75 Å². The second-order valence-electron chi connectivity index (χ2n) is 6.45. The van der Waals surface area contributed by atoms with Gasteiger partial charge >= 0.3 is 0 Å². The van der Waals surface area contributed by atoms with E-state index in [1.807, 2.05) is 38.1 Å². The molecule has 6 nitrogen and oxygen atoms in total. The number of amides is 1. The molecule has 0 aliphatic carbocycles. The number of carbonyl (C=O) groups excluding carboxylic acids is 1. The zero-order chi connectivity index (χ0) is 17.2. The highest BCUT2D eigenvalue weighted by Gasteiger charge is 2.30. The van der Waals surface area contributed by atoms with Crippen molar-refractivity contribution in [1.82, 2.24) is 15.1 Å². The molecule has 1 unspecified atom stereocenters. The van der Waals surface area contributed by atoms with Crippen molar-refractivity contribution in [3.8, 4) is 11.4 Å². The van der Waals surface area contributed by atoms with Gasteiger partial charge in [-0.1, -0.05) is 0 Å². The second kappa shape index (κ2) is 6.65. The first kappa shape index (κ1) is 16.5. The minimum Gasteiger partial charge on any atom is -0.497 e. The lowest BCUT2D eigenvalue weighted by Crippen LogP contribution is -2.51. The minimum atomic E-state index is -0.326. The van der Waals surface area contributed by atoms with Crippen LogP contribution in [-0.4, -0.2) is 41.6 Å². The Morgan fingerprint density at radius 1 is 1.38 bits per heavy atom. The van der Waals surface area contributed by atoms with Crippen LogP contribution >= 0.6 is 0 Å². The standard InChI is InChI=1S/C18H23N3O3/c1-13-11-16(17(22)19-18(2)9-4-10-24-12-18)20-21(13)14-5-7-15(23-3)8-6-14/h5-8,11H,4,9-10,12H2,1-3H3,(H,19,22). The van der Waals surface area contributed by atoms with Crippen molar-refractivity contribution in [3.05, 3.63) is 41.7 Å². The number of rotatable bonds is 4. The molecule has 2 heterocycles. The number of carbonyl (C=O) groups is 1. The van der Waals surface area contributed by atoms with E-state index >= 15 is 0 Å². The molecule has 0 saturated carbocycles. The molecule has 3 rings (SSSR count). The summed E-state index contributed by atoms with van der Waals surface area (Å²) in [5, 5.41) is 7.52. The summed E-state index contributed by atoms with van der Waals surface area (Å²) >= 11 is 0. The van der Waals surface area contributed by atoms with E-state index in [0.717, 1.165) is 36.6 Å². The fraction of sp³-hybridized carbons (Fsp3) is 0.444. The molecule has 24 heavy (non-hydrogen) atoms. The van der Waals surface area contributed by atoms with Crippen molar-refractivity contribution in [2.75, 3.05) is 20.3 Å². The Morgan fingerprint density at radius 2 is 2.12 bits per heavy atom. The van der Waals surface area contributed by atoms with Crippen molar-refractivity contribution >= 4 is 5.91 Å². The zero-order valence-corrected chi connectivity index (χ0v) is 14.3. The Labute approximate surface area is 141 Å². The first-order valence-corrected chi connectivity index (χ1v) is 8.12. The van der Waals surface area contributed by atoms with Gasteiger partial charge < -0.3 is 14.8 Å². The minimum absolute atomic E-state index is 0.168. The summed E-state index contributed by atoms with van der Waals surface area (Å²) in [4.78, 5) is 12.6. The number of nitrogens with zero attached hydrogens (tertiary/aromatic N) is 2. The van der Waals surface area contributed by atoms with Gasteiger partial charge in [0.25, 0.3) is 5.91 Å². The molecule has 2 aromatic rings. The molecule has 0 bridgehead atoms. The maximum atomic E-state index is 12.6. The molecular formula is C18H23N3O3. The molecule has 1 amide bonds. The summed E-state index contributed by atoms with van der Waals surface area (Å²) in [6.07, 6.45) is 1.87. The maximum Gasteiger partial charge on any atom is 0.272 e. The fourth-order valence-electron chi connectivity index (χ4n) is 2.94. The Balaban J connectivity index is 1.78. The molecule has 1 saturated heterocycles. The van der Waals surface area contributed by atoms with Crippen LogP contribution in [0.3, 0.4) is 0 Å². The molecule has 1 aromatic heterocycles. The van der Waals surface area contributed by atoms with Gasteiger partial charge in [0.15, 0.2) is 5.69 Å². The maximum absolute atomic E-state index is 12.6. The van der Waals surface area contributed by atoms with Crippen LogP contribution in [0.4, 0.5) is 0 Å². The molecule has 1 aromatic carbocycles. The largest absolute Gasteiger partial charge is 0.497 e. The van der Waals surface area contributed by atoms with Crippen LogP contribution in [0.25, 0.3) is 5.69 Å². The molecule has 1 aliphatic heterocycles. The third-order valence-electron chi connectivity index (χ3n) is 4.29. The lowest BCUT2D eigenvalue weighted by atomic mass is 9.95. The molecular weight excluding hydrogens is 306 g/mol. The monoisotopic (exact) mass is 329 g/mol. The van der Waals surface area contributed by atoms with E-state index in [9.17, 15) is 4.79 Å². The number of methoxy groups -OCH3 is 1. The van der Waals surface area contributed by atoms with E-state index in [1.165, 1.54) is 0 Å². The van der Waals surface area contributed by atoms with Crippen molar-refractivity contribution in [1.29, 1.82) is 0 Å². The average molecular weight is 329 g/mol. The number of hydrogen-bond acceptors (Lipinski definition) is 4. The Morgan fingerprint density at radius 3 is 2.75 bits per heavy atom. The Bertz CT molecular complexity index is 716. The number of nitrogens with one attached hydrogen (secondary N) is 1. The van der Waals surface area contributed by atoms with Crippen LogP contribution < -0.4 is 10.1 Å². The predicted octanol–water partition coefficient (Wildman–Crippen LogP) is 2.49. The van der Waals surface area contributed by atoms with Crippen LogP contribution in [0.5, 0.6) is 5.75 Å². The smallest absolute Gasteiger partial charge is 0.272 e. The Hall–Kier alpha value is -2.34. The van der Waals surface area contributed by atoms with E-state index in [4.69, 9.17) is 9.47 Å². The van der Waals surface area contributed by atoms with E-state index in [1.54, 1.807) is 17.9 Å². The molecule has 128 valence electrons. The quantitative estimate of drug-likeness (QED) is 0.936. The third-order valence-corrected chi connectivity index (χ3v) is 4.29. The van der Waals surface area contributed by atoms with E-state index < -0.39 is 0 Å². The van der Waals surface area contributed by atoms with Crippen molar-refractivity contribution in [3.63, 3.8) is 0 Å². The average Bonchev–Trinajstić information content (AvgIpc) is 2.97. The summed E-state index contributed by atoms with van der Waals surface area (Å²) in [5.41, 5.74) is 1.87. The number of hydrogen-bond donors (Lipinski definition) is 1. The highest BCUT2D eigenvalue weighted by Crippen LogP contribution is 2.20. The summed E-state index contributed by atoms with van der Waals surface area (Å²) in [6, 6.07) is 9.37. The normalized spacial score (nSPS) is 20.6. The van der Waals surface area contributed by atoms with Crippen LogP contribution in [0, 0.1) is 6.92 Å². The van der Waals surface area contributed by atoms with Crippen molar-refractivity contribution in [2.24, 2.45) is 0 Å². The highest BCUT2D eigenvalue weighted by atomic mass is 16.5. The van der Waals surface area contributed by atoms with Crippen LogP contribution in [0.2, 0.25) is 0 Å². The first-order chi connectivity index (χ1) is 11.5. The predicted molar refractivity (Wildman–Crippen MR) is 90.8 cm³/mol. The lowest BCUT2D eigenvalue weighted by Gasteiger charge is -2.33. The summed E-state index contributed by atoms with van der Waals surface area (Å²) in [7, 11) is 1.63. The van der Waals surface area contributed by atoms with Gasteiger partial charge in [0.2, 0.25) is 0 Å². The van der Waals surface area contributed by atoms with E-state index in [2.05, 4.69) is 10.4 Å². The van der Waals surface area contributed by atoms with Crippen molar-refractivity contribution < 1.29 is 14.3 Å². The van der Waals surface area contributed by atoms with Crippen molar-refractivity contribution in [2.45, 2.75) is 32.2 Å². The summed E-state index contributed by atoms with van der Waals surface area (Å²) < 4.78 is 12.4. The van der Waals surface area contributed by atoms with Crippen LogP contribution in [-0.2, 0) is 4.74 Å². The molecule has 0 radical (unpaired) electrons. The SMILES string of the molecule is COc1ccc(-n2nc(C(=O)NC3(C)CCCOC3)cc2C)cc1. The highest BCUT2D eigenvalue weighted by molar-refractivity contribution is 5.93. The second-order valence-corrected chi connectivity index (χ2v) is 6.45. The number of aromatic nitrogens is 2. The summed E-state index contributed by atoms with van der Waals surface area (Å²) in [6.45, 7) is 5.24. The fourth-order valence-corrected chi connectivity index (χ4v) is 2.94. The molecule has 1 fully saturated rings. The van der Waals surface area contributed by atoms with Gasteiger partial charge in [0, 0.05) is 12.3 Å². The first-order valence-electron chi connectivity index (χ1n) is 8.12. The van der Waals surface area contributed by atoms with Gasteiger partial charge in [-0.2, -0.15) is 5.10 Å². The topological polar surface area (TPSA) is 65.4 Å². The number of ether oxygens (including phenoxy) is 2. The Kier molecular flexibility index (Phi) is 4.57. The van der Waals surface area contributed by atoms with Gasteiger partial charge in [-0.05, 0) is 57.0 Å². The zero-order valence-electron chi connectivity index (χ0n) is 14.3.